The average molecular weight is 290 g/mol. The SMILES string of the molecule is COc1ccc(C(=O)NCC(=O)N2CCCCCC2)cc1. The number of methoxy groups -OCH3 is 1. The van der Waals surface area contributed by atoms with Gasteiger partial charge in [0.25, 0.3) is 5.91 Å². The molecule has 0 aliphatic carbocycles. The predicted molar refractivity (Wildman–Crippen MR) is 80.4 cm³/mol. The monoisotopic (exact) mass is 290 g/mol. The van der Waals surface area contributed by atoms with E-state index in [1.165, 1.54) is 12.8 Å². The molecular formula is C16H22N2O3. The maximum absolute atomic E-state index is 12.1. The van der Waals surface area contributed by atoms with Crippen molar-refractivity contribution in [2.75, 3.05) is 26.7 Å². The number of hydrogen-bond acceptors (Lipinski definition) is 3. The molecule has 21 heavy (non-hydrogen) atoms. The third kappa shape index (κ3) is 4.48. The molecule has 0 atom stereocenters. The number of benzene rings is 1. The van der Waals surface area contributed by atoms with Crippen molar-refractivity contribution in [2.24, 2.45) is 0 Å². The number of amides is 2. The molecule has 114 valence electrons. The second kappa shape index (κ2) is 7.67. The minimum atomic E-state index is -0.235. The fourth-order valence-corrected chi connectivity index (χ4v) is 2.43. The number of hydrogen-bond donors (Lipinski definition) is 1. The highest BCUT2D eigenvalue weighted by molar-refractivity contribution is 5.96. The summed E-state index contributed by atoms with van der Waals surface area (Å²) in [7, 11) is 1.58. The first-order chi connectivity index (χ1) is 10.2. The van der Waals surface area contributed by atoms with Crippen molar-refractivity contribution in [2.45, 2.75) is 25.7 Å². The van der Waals surface area contributed by atoms with E-state index in [1.807, 2.05) is 4.90 Å². The molecule has 1 aromatic carbocycles. The molecule has 1 heterocycles. The molecule has 1 aliphatic rings. The van der Waals surface area contributed by atoms with E-state index in [9.17, 15) is 9.59 Å². The first-order valence-corrected chi connectivity index (χ1v) is 7.41. The van der Waals surface area contributed by atoms with Crippen LogP contribution < -0.4 is 10.1 Å². The van der Waals surface area contributed by atoms with Gasteiger partial charge in [0.2, 0.25) is 5.91 Å². The normalized spacial score (nSPS) is 15.2. The van der Waals surface area contributed by atoms with Gasteiger partial charge in [0.15, 0.2) is 0 Å². The summed E-state index contributed by atoms with van der Waals surface area (Å²) in [5.41, 5.74) is 0.527. The molecule has 0 aromatic heterocycles. The van der Waals surface area contributed by atoms with Gasteiger partial charge in [0.1, 0.15) is 5.75 Å². The van der Waals surface area contributed by atoms with Crippen LogP contribution in [0.15, 0.2) is 24.3 Å². The van der Waals surface area contributed by atoms with E-state index in [-0.39, 0.29) is 18.4 Å². The quantitative estimate of drug-likeness (QED) is 0.920. The van der Waals surface area contributed by atoms with Crippen LogP contribution in [-0.4, -0.2) is 43.5 Å². The lowest BCUT2D eigenvalue weighted by atomic mass is 10.2. The van der Waals surface area contributed by atoms with Crippen molar-refractivity contribution < 1.29 is 14.3 Å². The Morgan fingerprint density at radius 3 is 2.29 bits per heavy atom. The lowest BCUT2D eigenvalue weighted by Crippen LogP contribution is -2.40. The van der Waals surface area contributed by atoms with Crippen molar-refractivity contribution in [1.29, 1.82) is 0 Å². The number of nitrogens with zero attached hydrogens (tertiary/aromatic N) is 1. The molecule has 1 aromatic rings. The molecule has 2 amide bonds. The van der Waals surface area contributed by atoms with Crippen molar-refractivity contribution in [3.8, 4) is 5.75 Å². The third-order valence-corrected chi connectivity index (χ3v) is 3.71. The molecule has 1 fully saturated rings. The summed E-state index contributed by atoms with van der Waals surface area (Å²) in [6, 6.07) is 6.83. The Morgan fingerprint density at radius 1 is 1.10 bits per heavy atom. The molecule has 0 radical (unpaired) electrons. The zero-order valence-corrected chi connectivity index (χ0v) is 12.4. The van der Waals surface area contributed by atoms with Gasteiger partial charge in [-0.1, -0.05) is 12.8 Å². The van der Waals surface area contributed by atoms with Crippen LogP contribution in [0.1, 0.15) is 36.0 Å². The second-order valence-electron chi connectivity index (χ2n) is 5.21. The highest BCUT2D eigenvalue weighted by atomic mass is 16.5. The molecule has 0 spiro atoms. The van der Waals surface area contributed by atoms with Crippen LogP contribution in [0, 0.1) is 0 Å². The van der Waals surface area contributed by atoms with Crippen LogP contribution in [0.2, 0.25) is 0 Å². The molecular weight excluding hydrogens is 268 g/mol. The minimum absolute atomic E-state index is 0.00115. The number of rotatable bonds is 4. The third-order valence-electron chi connectivity index (χ3n) is 3.71. The second-order valence-corrected chi connectivity index (χ2v) is 5.21. The predicted octanol–water partition coefficient (Wildman–Crippen LogP) is 1.83. The van der Waals surface area contributed by atoms with Crippen LogP contribution >= 0.6 is 0 Å². The van der Waals surface area contributed by atoms with Crippen LogP contribution in [0.25, 0.3) is 0 Å². The Kier molecular flexibility index (Phi) is 5.60. The fourth-order valence-electron chi connectivity index (χ4n) is 2.43. The van der Waals surface area contributed by atoms with E-state index in [0.29, 0.717) is 11.3 Å². The molecule has 5 heteroatoms. The van der Waals surface area contributed by atoms with Crippen molar-refractivity contribution in [1.82, 2.24) is 10.2 Å². The standard InChI is InChI=1S/C16H22N2O3/c1-21-14-8-6-13(7-9-14)16(20)17-12-15(19)18-10-4-2-3-5-11-18/h6-9H,2-5,10-12H2,1H3,(H,17,20). The molecule has 0 bridgehead atoms. The molecule has 1 saturated heterocycles. The van der Waals surface area contributed by atoms with Crippen molar-refractivity contribution >= 4 is 11.8 Å². The Labute approximate surface area is 125 Å². The Hall–Kier alpha value is -2.04. The van der Waals surface area contributed by atoms with Gasteiger partial charge in [0, 0.05) is 18.7 Å². The van der Waals surface area contributed by atoms with Crippen LogP contribution in [0.4, 0.5) is 0 Å². The molecule has 1 aliphatic heterocycles. The summed E-state index contributed by atoms with van der Waals surface area (Å²) >= 11 is 0. The van der Waals surface area contributed by atoms with E-state index < -0.39 is 0 Å². The van der Waals surface area contributed by atoms with Gasteiger partial charge < -0.3 is 15.0 Å². The maximum atomic E-state index is 12.1. The van der Waals surface area contributed by atoms with Crippen LogP contribution in [-0.2, 0) is 4.79 Å². The lowest BCUT2D eigenvalue weighted by Gasteiger charge is -2.20. The van der Waals surface area contributed by atoms with Gasteiger partial charge in [-0.05, 0) is 37.1 Å². The molecule has 0 unspecified atom stereocenters. The van der Waals surface area contributed by atoms with Gasteiger partial charge in [0.05, 0.1) is 13.7 Å². The van der Waals surface area contributed by atoms with Gasteiger partial charge in [-0.2, -0.15) is 0 Å². The molecule has 2 rings (SSSR count). The van der Waals surface area contributed by atoms with E-state index in [1.54, 1.807) is 31.4 Å². The van der Waals surface area contributed by atoms with Crippen LogP contribution in [0.3, 0.4) is 0 Å². The van der Waals surface area contributed by atoms with Crippen LogP contribution in [0.5, 0.6) is 5.75 Å². The number of likely N-dealkylation sites (tertiary alicyclic amines) is 1. The zero-order valence-electron chi connectivity index (χ0n) is 12.4. The number of ether oxygens (including phenoxy) is 1. The van der Waals surface area contributed by atoms with E-state index >= 15 is 0 Å². The number of carbonyl (C=O) groups is 2. The van der Waals surface area contributed by atoms with E-state index in [2.05, 4.69) is 5.32 Å². The maximum Gasteiger partial charge on any atom is 0.251 e. The van der Waals surface area contributed by atoms with Crippen molar-refractivity contribution in [3.05, 3.63) is 29.8 Å². The van der Waals surface area contributed by atoms with E-state index in [0.717, 1.165) is 25.9 Å². The molecule has 1 N–H and O–H groups in total. The molecule has 0 saturated carbocycles. The van der Waals surface area contributed by atoms with Gasteiger partial charge in [-0.3, -0.25) is 9.59 Å². The Bertz CT molecular complexity index is 477. The summed E-state index contributed by atoms with van der Waals surface area (Å²) < 4.78 is 5.05. The summed E-state index contributed by atoms with van der Waals surface area (Å²) in [6.45, 7) is 1.67. The largest absolute Gasteiger partial charge is 0.497 e. The van der Waals surface area contributed by atoms with E-state index in [4.69, 9.17) is 4.74 Å². The lowest BCUT2D eigenvalue weighted by molar-refractivity contribution is -0.130. The minimum Gasteiger partial charge on any atom is -0.497 e. The summed E-state index contributed by atoms with van der Waals surface area (Å²) in [4.78, 5) is 25.9. The van der Waals surface area contributed by atoms with Gasteiger partial charge >= 0.3 is 0 Å². The number of nitrogens with one attached hydrogen (secondary N) is 1. The Balaban J connectivity index is 1.83. The summed E-state index contributed by atoms with van der Waals surface area (Å²) in [6.07, 6.45) is 4.47. The highest BCUT2D eigenvalue weighted by Crippen LogP contribution is 2.11. The summed E-state index contributed by atoms with van der Waals surface area (Å²) in [5.74, 6) is 0.465. The molecule has 5 nitrogen and oxygen atoms in total. The van der Waals surface area contributed by atoms with Gasteiger partial charge in [-0.25, -0.2) is 0 Å². The zero-order chi connectivity index (χ0) is 15.1. The topological polar surface area (TPSA) is 58.6 Å². The summed E-state index contributed by atoms with van der Waals surface area (Å²) in [5, 5.41) is 2.68. The highest BCUT2D eigenvalue weighted by Gasteiger charge is 2.16. The smallest absolute Gasteiger partial charge is 0.251 e. The van der Waals surface area contributed by atoms with Crippen molar-refractivity contribution in [3.63, 3.8) is 0 Å². The fraction of sp³-hybridized carbons (Fsp3) is 0.500. The first-order valence-electron chi connectivity index (χ1n) is 7.41. The Morgan fingerprint density at radius 2 is 1.71 bits per heavy atom. The van der Waals surface area contributed by atoms with Gasteiger partial charge in [-0.15, -0.1) is 0 Å². The average Bonchev–Trinajstić information content (AvgIpc) is 2.81. The number of carbonyl (C=O) groups excluding carboxylic acids is 2. The first kappa shape index (κ1) is 15.4.